The Morgan fingerprint density at radius 3 is 2.50 bits per heavy atom. The molecule has 0 N–H and O–H groups in total. The van der Waals surface area contributed by atoms with Crippen LogP contribution in [0.25, 0.3) is 11.2 Å². The normalized spacial score (nSPS) is 11.4. The van der Waals surface area contributed by atoms with E-state index in [1.165, 1.54) is 0 Å². The van der Waals surface area contributed by atoms with Crippen LogP contribution in [0.3, 0.4) is 0 Å². The van der Waals surface area contributed by atoms with Gasteiger partial charge in [0.15, 0.2) is 5.65 Å². The first-order valence-electron chi connectivity index (χ1n) is 6.80. The molecule has 114 valence electrons. The number of aryl methyl sites for hydroxylation is 3. The predicted molar refractivity (Wildman–Crippen MR) is 92.3 cm³/mol. The number of fused-ring (bicyclic) bond motifs is 1. The Morgan fingerprint density at radius 1 is 1.05 bits per heavy atom. The van der Waals surface area contributed by atoms with Crippen LogP contribution in [0, 0.1) is 13.8 Å². The Kier molecular flexibility index (Phi) is 4.06. The topological polar surface area (TPSA) is 30.7 Å². The van der Waals surface area contributed by atoms with Gasteiger partial charge in [0, 0.05) is 23.5 Å². The van der Waals surface area contributed by atoms with E-state index in [-0.39, 0.29) is 0 Å². The van der Waals surface area contributed by atoms with Crippen molar-refractivity contribution in [1.82, 2.24) is 14.5 Å². The number of pyridine rings is 1. The smallest absolute Gasteiger partial charge is 0.161 e. The summed E-state index contributed by atoms with van der Waals surface area (Å²) in [4.78, 5) is 9.05. The molecule has 0 bridgehead atoms. The third-order valence-corrected chi connectivity index (χ3v) is 4.87. The van der Waals surface area contributed by atoms with Crippen molar-refractivity contribution in [2.45, 2.75) is 20.3 Å². The minimum atomic E-state index is 0.464. The number of benzene rings is 1. The summed E-state index contributed by atoms with van der Waals surface area (Å²) >= 11 is 18.7. The van der Waals surface area contributed by atoms with Crippen molar-refractivity contribution >= 4 is 46.0 Å². The Labute approximate surface area is 143 Å². The lowest BCUT2D eigenvalue weighted by atomic mass is 10.1. The highest BCUT2D eigenvalue weighted by molar-refractivity contribution is 6.36. The molecule has 2 aromatic heterocycles. The lowest BCUT2D eigenvalue weighted by Crippen LogP contribution is -2.01. The van der Waals surface area contributed by atoms with Gasteiger partial charge in [0.2, 0.25) is 0 Å². The number of imidazole rings is 1. The molecule has 3 nitrogen and oxygen atoms in total. The van der Waals surface area contributed by atoms with E-state index in [4.69, 9.17) is 34.8 Å². The van der Waals surface area contributed by atoms with Crippen molar-refractivity contribution in [3.05, 3.63) is 55.9 Å². The maximum atomic E-state index is 6.40. The van der Waals surface area contributed by atoms with Crippen LogP contribution >= 0.6 is 34.8 Å². The van der Waals surface area contributed by atoms with Crippen LogP contribution in [0.5, 0.6) is 0 Å². The molecule has 0 saturated heterocycles. The lowest BCUT2D eigenvalue weighted by molar-refractivity contribution is 0.835. The molecule has 0 aliphatic rings. The van der Waals surface area contributed by atoms with Crippen LogP contribution in [0.1, 0.15) is 22.5 Å². The van der Waals surface area contributed by atoms with Gasteiger partial charge >= 0.3 is 0 Å². The van der Waals surface area contributed by atoms with Crippen LogP contribution in [-0.2, 0) is 13.5 Å². The highest BCUT2D eigenvalue weighted by atomic mass is 35.5. The molecular weight excluding hydrogens is 341 g/mol. The van der Waals surface area contributed by atoms with Crippen molar-refractivity contribution in [1.29, 1.82) is 0 Å². The van der Waals surface area contributed by atoms with Gasteiger partial charge in [-0.25, -0.2) is 9.97 Å². The molecule has 0 saturated carbocycles. The van der Waals surface area contributed by atoms with E-state index in [0.29, 0.717) is 21.6 Å². The minimum absolute atomic E-state index is 0.464. The molecule has 6 heteroatoms. The number of nitrogens with zero attached hydrogens (tertiary/aromatic N) is 3. The van der Waals surface area contributed by atoms with Crippen LogP contribution in [0.15, 0.2) is 18.2 Å². The van der Waals surface area contributed by atoms with Crippen molar-refractivity contribution in [3.8, 4) is 0 Å². The van der Waals surface area contributed by atoms with E-state index in [0.717, 1.165) is 33.7 Å². The molecule has 0 radical (unpaired) electrons. The Bertz CT molecular complexity index is 884. The van der Waals surface area contributed by atoms with E-state index in [9.17, 15) is 0 Å². The maximum absolute atomic E-state index is 6.40. The second kappa shape index (κ2) is 5.73. The van der Waals surface area contributed by atoms with Crippen molar-refractivity contribution in [2.75, 3.05) is 0 Å². The van der Waals surface area contributed by atoms with E-state index in [2.05, 4.69) is 9.97 Å². The zero-order valence-corrected chi connectivity index (χ0v) is 14.7. The number of hydrogen-bond acceptors (Lipinski definition) is 2. The van der Waals surface area contributed by atoms with Gasteiger partial charge in [-0.05, 0) is 42.7 Å². The second-order valence-electron chi connectivity index (χ2n) is 5.35. The Morgan fingerprint density at radius 2 is 1.77 bits per heavy atom. The summed E-state index contributed by atoms with van der Waals surface area (Å²) in [6, 6.07) is 5.59. The molecule has 3 aromatic rings. The fraction of sp³-hybridized carbons (Fsp3) is 0.250. The van der Waals surface area contributed by atoms with E-state index < -0.39 is 0 Å². The average Bonchev–Trinajstić information content (AvgIpc) is 2.77. The first kappa shape index (κ1) is 15.6. The molecular formula is C16H14Cl3N3. The number of halogens is 3. The third kappa shape index (κ3) is 2.58. The van der Waals surface area contributed by atoms with Gasteiger partial charge in [-0.15, -0.1) is 0 Å². The first-order valence-corrected chi connectivity index (χ1v) is 7.93. The summed E-state index contributed by atoms with van der Waals surface area (Å²) in [5, 5.41) is 1.79. The number of aromatic nitrogens is 3. The van der Waals surface area contributed by atoms with E-state index in [1.54, 1.807) is 0 Å². The molecule has 1 aromatic carbocycles. The van der Waals surface area contributed by atoms with Crippen LogP contribution in [0.2, 0.25) is 15.2 Å². The molecule has 0 spiro atoms. The van der Waals surface area contributed by atoms with Gasteiger partial charge in [0.1, 0.15) is 16.5 Å². The fourth-order valence-electron chi connectivity index (χ4n) is 2.50. The Hall–Kier alpha value is -1.29. The van der Waals surface area contributed by atoms with Gasteiger partial charge in [-0.2, -0.15) is 0 Å². The third-order valence-electron chi connectivity index (χ3n) is 3.79. The highest BCUT2D eigenvalue weighted by Crippen LogP contribution is 2.30. The zero-order valence-electron chi connectivity index (χ0n) is 12.4. The van der Waals surface area contributed by atoms with Crippen LogP contribution in [0.4, 0.5) is 0 Å². The quantitative estimate of drug-likeness (QED) is 0.597. The van der Waals surface area contributed by atoms with Gasteiger partial charge in [-0.1, -0.05) is 40.9 Å². The average molecular weight is 355 g/mol. The largest absolute Gasteiger partial charge is 0.316 e. The molecule has 0 aliphatic heterocycles. The van der Waals surface area contributed by atoms with Gasteiger partial charge in [0.05, 0.1) is 0 Å². The first-order chi connectivity index (χ1) is 10.4. The molecule has 0 fully saturated rings. The van der Waals surface area contributed by atoms with Crippen molar-refractivity contribution in [3.63, 3.8) is 0 Å². The maximum Gasteiger partial charge on any atom is 0.161 e. The molecule has 3 rings (SSSR count). The summed E-state index contributed by atoms with van der Waals surface area (Å²) in [6.45, 7) is 3.93. The summed E-state index contributed by atoms with van der Waals surface area (Å²) < 4.78 is 1.93. The Balaban J connectivity index is 2.15. The SMILES string of the molecule is Cc1ccc(Cl)c(Cc2nc3c(C)cc(Cl)nc3n2C)c1Cl. The summed E-state index contributed by atoms with van der Waals surface area (Å²) in [7, 11) is 1.92. The molecule has 0 atom stereocenters. The molecule has 2 heterocycles. The second-order valence-corrected chi connectivity index (χ2v) is 6.53. The standard InChI is InChI=1S/C16H14Cl3N3/c1-8-4-5-11(17)10(14(8)19)7-13-21-15-9(2)6-12(18)20-16(15)22(13)3/h4-6H,7H2,1-3H3. The molecule has 0 unspecified atom stereocenters. The van der Waals surface area contributed by atoms with Gasteiger partial charge in [-0.3, -0.25) is 0 Å². The lowest BCUT2D eigenvalue weighted by Gasteiger charge is -2.09. The summed E-state index contributed by atoms with van der Waals surface area (Å²) in [5.41, 5.74) is 4.49. The van der Waals surface area contributed by atoms with Gasteiger partial charge < -0.3 is 4.57 Å². The van der Waals surface area contributed by atoms with Crippen LogP contribution in [-0.4, -0.2) is 14.5 Å². The predicted octanol–water partition coefficient (Wildman–Crippen LogP) is 5.14. The number of rotatable bonds is 2. The van der Waals surface area contributed by atoms with Crippen molar-refractivity contribution in [2.24, 2.45) is 7.05 Å². The van der Waals surface area contributed by atoms with E-state index in [1.807, 2.05) is 43.7 Å². The zero-order chi connectivity index (χ0) is 16.0. The van der Waals surface area contributed by atoms with Crippen molar-refractivity contribution < 1.29 is 0 Å². The summed E-state index contributed by atoms with van der Waals surface area (Å²) in [5.74, 6) is 0.849. The molecule has 0 aliphatic carbocycles. The summed E-state index contributed by atoms with van der Waals surface area (Å²) in [6.07, 6.45) is 0.545. The minimum Gasteiger partial charge on any atom is -0.316 e. The van der Waals surface area contributed by atoms with Crippen LogP contribution < -0.4 is 0 Å². The molecule has 0 amide bonds. The van der Waals surface area contributed by atoms with Gasteiger partial charge in [0.25, 0.3) is 0 Å². The fourth-order valence-corrected chi connectivity index (χ4v) is 3.25. The van der Waals surface area contributed by atoms with E-state index >= 15 is 0 Å². The monoisotopic (exact) mass is 353 g/mol. The number of hydrogen-bond donors (Lipinski definition) is 0. The highest BCUT2D eigenvalue weighted by Gasteiger charge is 2.16. The molecule has 22 heavy (non-hydrogen) atoms.